The number of halogens is 3. The minimum atomic E-state index is -4.67. The van der Waals surface area contributed by atoms with Crippen LogP contribution in [0.2, 0.25) is 0 Å². The lowest BCUT2D eigenvalue weighted by atomic mass is 9.96. The Morgan fingerprint density at radius 2 is 1.96 bits per heavy atom. The Morgan fingerprint density at radius 1 is 1.24 bits per heavy atom. The van der Waals surface area contributed by atoms with Gasteiger partial charge < -0.3 is 19.9 Å². The van der Waals surface area contributed by atoms with E-state index < -0.39 is 43.1 Å². The number of para-hydroxylation sites is 1. The molecule has 2 heterocycles. The van der Waals surface area contributed by atoms with Crippen LogP contribution in [0, 0.1) is 11.8 Å². The van der Waals surface area contributed by atoms with Crippen molar-refractivity contribution in [3.63, 3.8) is 0 Å². The SMILES string of the molecule is Cn1ccc2cccc(NC(=O)N3C[C@@H](C(F)(F)F)[C@H](C(=O)O)C3)c21. The number of urea groups is 1. The number of rotatable bonds is 2. The molecule has 0 aliphatic carbocycles. The minimum absolute atomic E-state index is 0.456. The number of carboxylic acid groups (broad SMARTS) is 1. The topological polar surface area (TPSA) is 74.6 Å². The fourth-order valence-electron chi connectivity index (χ4n) is 3.20. The van der Waals surface area contributed by atoms with Crippen LogP contribution in [0.5, 0.6) is 0 Å². The monoisotopic (exact) mass is 355 g/mol. The molecule has 2 amide bonds. The van der Waals surface area contributed by atoms with Gasteiger partial charge in [0.2, 0.25) is 0 Å². The predicted molar refractivity (Wildman–Crippen MR) is 84.2 cm³/mol. The van der Waals surface area contributed by atoms with Gasteiger partial charge in [0.15, 0.2) is 0 Å². The molecule has 1 aliphatic heterocycles. The molecule has 2 aromatic rings. The van der Waals surface area contributed by atoms with Crippen molar-refractivity contribution < 1.29 is 27.9 Å². The van der Waals surface area contributed by atoms with E-state index >= 15 is 0 Å². The van der Waals surface area contributed by atoms with Crippen LogP contribution in [0.3, 0.4) is 0 Å². The molecule has 9 heteroatoms. The maximum Gasteiger partial charge on any atom is 0.394 e. The van der Waals surface area contributed by atoms with E-state index in [1.807, 2.05) is 12.1 Å². The Balaban J connectivity index is 1.82. The summed E-state index contributed by atoms with van der Waals surface area (Å²) in [4.78, 5) is 24.4. The minimum Gasteiger partial charge on any atom is -0.481 e. The number of carbonyl (C=O) groups excluding carboxylic acids is 1. The molecule has 25 heavy (non-hydrogen) atoms. The zero-order valence-corrected chi connectivity index (χ0v) is 13.2. The first-order chi connectivity index (χ1) is 11.7. The molecular weight excluding hydrogens is 339 g/mol. The maximum atomic E-state index is 13.0. The predicted octanol–water partition coefficient (Wildman–Crippen LogP) is 2.91. The number of fused-ring (bicyclic) bond motifs is 1. The van der Waals surface area contributed by atoms with Crippen LogP contribution < -0.4 is 5.32 Å². The number of carbonyl (C=O) groups is 2. The Kier molecular flexibility index (Phi) is 4.09. The molecule has 0 unspecified atom stereocenters. The fourth-order valence-corrected chi connectivity index (χ4v) is 3.20. The lowest BCUT2D eigenvalue weighted by Crippen LogP contribution is -2.35. The summed E-state index contributed by atoms with van der Waals surface area (Å²) >= 11 is 0. The van der Waals surface area contributed by atoms with Crippen molar-refractivity contribution in [2.24, 2.45) is 18.9 Å². The van der Waals surface area contributed by atoms with Crippen LogP contribution >= 0.6 is 0 Å². The first-order valence-corrected chi connectivity index (χ1v) is 7.58. The molecule has 134 valence electrons. The van der Waals surface area contributed by atoms with E-state index in [1.54, 1.807) is 29.9 Å². The van der Waals surface area contributed by atoms with Gasteiger partial charge in [-0.25, -0.2) is 4.79 Å². The first kappa shape index (κ1) is 17.1. The average Bonchev–Trinajstić information content (AvgIpc) is 3.12. The summed E-state index contributed by atoms with van der Waals surface area (Å²) in [5, 5.41) is 12.5. The Hall–Kier alpha value is -2.71. The van der Waals surface area contributed by atoms with Crippen molar-refractivity contribution >= 4 is 28.6 Å². The molecular formula is C16H16F3N3O3. The Morgan fingerprint density at radius 3 is 2.56 bits per heavy atom. The third-order valence-corrected chi connectivity index (χ3v) is 4.48. The summed E-state index contributed by atoms with van der Waals surface area (Å²) in [6.45, 7) is -1.15. The number of hydrogen-bond donors (Lipinski definition) is 2. The highest BCUT2D eigenvalue weighted by atomic mass is 19.4. The number of amides is 2. The molecule has 2 atom stereocenters. The number of nitrogens with zero attached hydrogens (tertiary/aromatic N) is 2. The van der Waals surface area contributed by atoms with Gasteiger partial charge in [0, 0.05) is 31.7 Å². The zero-order chi connectivity index (χ0) is 18.4. The van der Waals surface area contributed by atoms with Crippen molar-refractivity contribution in [1.29, 1.82) is 0 Å². The zero-order valence-electron chi connectivity index (χ0n) is 13.2. The number of aliphatic carboxylic acids is 1. The van der Waals surface area contributed by atoms with E-state index in [4.69, 9.17) is 5.11 Å². The number of alkyl halides is 3. The van der Waals surface area contributed by atoms with E-state index in [2.05, 4.69) is 5.32 Å². The van der Waals surface area contributed by atoms with Gasteiger partial charge in [-0.05, 0) is 12.1 Å². The number of aromatic nitrogens is 1. The van der Waals surface area contributed by atoms with Crippen LogP contribution in [0.4, 0.5) is 23.7 Å². The second-order valence-corrected chi connectivity index (χ2v) is 6.10. The van der Waals surface area contributed by atoms with Crippen molar-refractivity contribution in [3.05, 3.63) is 30.5 Å². The number of nitrogens with one attached hydrogen (secondary N) is 1. The third-order valence-electron chi connectivity index (χ3n) is 4.48. The van der Waals surface area contributed by atoms with Crippen LogP contribution in [0.1, 0.15) is 0 Å². The van der Waals surface area contributed by atoms with Gasteiger partial charge in [-0.2, -0.15) is 13.2 Å². The molecule has 1 saturated heterocycles. The van der Waals surface area contributed by atoms with Crippen molar-refractivity contribution in [2.45, 2.75) is 6.18 Å². The molecule has 1 aromatic carbocycles. The highest BCUT2D eigenvalue weighted by Gasteiger charge is 2.53. The second-order valence-electron chi connectivity index (χ2n) is 6.10. The van der Waals surface area contributed by atoms with Crippen LogP contribution in [0.25, 0.3) is 10.9 Å². The van der Waals surface area contributed by atoms with E-state index in [-0.39, 0.29) is 0 Å². The largest absolute Gasteiger partial charge is 0.481 e. The lowest BCUT2D eigenvalue weighted by molar-refractivity contribution is -0.187. The number of anilines is 1. The molecule has 0 radical (unpaired) electrons. The molecule has 6 nitrogen and oxygen atoms in total. The summed E-state index contributed by atoms with van der Waals surface area (Å²) in [6.07, 6.45) is -2.87. The fraction of sp³-hybridized carbons (Fsp3) is 0.375. The average molecular weight is 355 g/mol. The molecule has 3 rings (SSSR count). The lowest BCUT2D eigenvalue weighted by Gasteiger charge is -2.19. The molecule has 1 aromatic heterocycles. The second kappa shape index (κ2) is 5.98. The number of likely N-dealkylation sites (tertiary alicyclic amines) is 1. The smallest absolute Gasteiger partial charge is 0.394 e. The van der Waals surface area contributed by atoms with Crippen LogP contribution in [0.15, 0.2) is 30.5 Å². The van der Waals surface area contributed by atoms with Gasteiger partial charge in [0.25, 0.3) is 0 Å². The van der Waals surface area contributed by atoms with Crippen molar-refractivity contribution in [2.75, 3.05) is 18.4 Å². The maximum absolute atomic E-state index is 13.0. The summed E-state index contributed by atoms with van der Waals surface area (Å²) < 4.78 is 40.9. The highest BCUT2D eigenvalue weighted by Crippen LogP contribution is 2.38. The third kappa shape index (κ3) is 3.13. The van der Waals surface area contributed by atoms with E-state index in [0.717, 1.165) is 15.8 Å². The van der Waals surface area contributed by atoms with Gasteiger partial charge >= 0.3 is 18.2 Å². The number of aryl methyl sites for hydroxylation is 1. The van der Waals surface area contributed by atoms with Gasteiger partial charge in [-0.1, -0.05) is 12.1 Å². The Bertz CT molecular complexity index is 831. The molecule has 0 bridgehead atoms. The molecule has 1 aliphatic rings. The number of hydrogen-bond acceptors (Lipinski definition) is 2. The van der Waals surface area contributed by atoms with Crippen molar-refractivity contribution in [3.8, 4) is 0 Å². The van der Waals surface area contributed by atoms with E-state index in [9.17, 15) is 22.8 Å². The number of carboxylic acids is 1. The van der Waals surface area contributed by atoms with E-state index in [1.165, 1.54) is 0 Å². The summed E-state index contributed by atoms with van der Waals surface area (Å²) in [7, 11) is 1.79. The summed E-state index contributed by atoms with van der Waals surface area (Å²) in [5.41, 5.74) is 1.19. The summed E-state index contributed by atoms with van der Waals surface area (Å²) in [6, 6.07) is 6.32. The van der Waals surface area contributed by atoms with E-state index in [0.29, 0.717) is 5.69 Å². The normalized spacial score (nSPS) is 20.9. The van der Waals surface area contributed by atoms with Gasteiger partial charge in [0.1, 0.15) is 0 Å². The first-order valence-electron chi connectivity index (χ1n) is 7.58. The molecule has 0 spiro atoms. The molecule has 1 fully saturated rings. The molecule has 2 N–H and O–H groups in total. The van der Waals surface area contributed by atoms with Crippen LogP contribution in [-0.2, 0) is 11.8 Å². The van der Waals surface area contributed by atoms with Gasteiger partial charge in [0.05, 0.1) is 23.0 Å². The van der Waals surface area contributed by atoms with Crippen molar-refractivity contribution in [1.82, 2.24) is 9.47 Å². The number of benzene rings is 1. The van der Waals surface area contributed by atoms with Gasteiger partial charge in [-0.15, -0.1) is 0 Å². The quantitative estimate of drug-likeness (QED) is 0.870. The highest BCUT2D eigenvalue weighted by molar-refractivity contribution is 6.00. The Labute approximate surface area is 140 Å². The molecule has 0 saturated carbocycles. The van der Waals surface area contributed by atoms with Gasteiger partial charge in [-0.3, -0.25) is 4.79 Å². The standard InChI is InChI=1S/C16H16F3N3O3/c1-21-6-5-9-3-2-4-12(13(9)21)20-15(25)22-7-10(14(23)24)11(8-22)16(17,18)19/h2-6,10-11H,7-8H2,1H3,(H,20,25)(H,23,24)/t10-,11-/m1/s1. The summed E-state index contributed by atoms with van der Waals surface area (Å²) in [5.74, 6) is -5.28. The van der Waals surface area contributed by atoms with Crippen LogP contribution in [-0.4, -0.2) is 45.8 Å².